The van der Waals surface area contributed by atoms with E-state index < -0.39 is 5.97 Å². The van der Waals surface area contributed by atoms with Gasteiger partial charge in [0.2, 0.25) is 0 Å². The zero-order valence-electron chi connectivity index (χ0n) is 11.6. The highest BCUT2D eigenvalue weighted by Gasteiger charge is 2.21. The van der Waals surface area contributed by atoms with Crippen LogP contribution in [-0.4, -0.2) is 29.8 Å². The number of rotatable bonds is 4. The van der Waals surface area contributed by atoms with Crippen molar-refractivity contribution in [3.63, 3.8) is 0 Å². The number of ether oxygens (including phenoxy) is 2. The second-order valence-corrected chi connectivity index (χ2v) is 4.87. The van der Waals surface area contributed by atoms with Crippen molar-refractivity contribution in [2.24, 2.45) is 0 Å². The first kappa shape index (κ1) is 13.4. The molecule has 0 unspecified atom stereocenters. The predicted molar refractivity (Wildman–Crippen MR) is 76.2 cm³/mol. The first-order valence-corrected chi connectivity index (χ1v) is 6.69. The molecule has 3 rings (SSSR count). The SMILES string of the molecule is COc1ccc(Cc2cc(C(=O)O)nc3c2OCC3)cc1. The highest BCUT2D eigenvalue weighted by molar-refractivity contribution is 5.86. The van der Waals surface area contributed by atoms with E-state index in [1.54, 1.807) is 13.2 Å². The van der Waals surface area contributed by atoms with Gasteiger partial charge in [0.25, 0.3) is 0 Å². The topological polar surface area (TPSA) is 68.7 Å². The van der Waals surface area contributed by atoms with Crippen LogP contribution in [0, 0.1) is 0 Å². The third kappa shape index (κ3) is 2.67. The van der Waals surface area contributed by atoms with E-state index in [2.05, 4.69) is 4.98 Å². The summed E-state index contributed by atoms with van der Waals surface area (Å²) in [6.45, 7) is 0.557. The summed E-state index contributed by atoms with van der Waals surface area (Å²) in [6.07, 6.45) is 1.27. The van der Waals surface area contributed by atoms with Gasteiger partial charge in [-0.15, -0.1) is 0 Å². The fourth-order valence-electron chi connectivity index (χ4n) is 2.44. The van der Waals surface area contributed by atoms with Gasteiger partial charge in [0.05, 0.1) is 19.4 Å². The standard InChI is InChI=1S/C16H15NO4/c1-20-12-4-2-10(3-5-12)8-11-9-14(16(18)19)17-13-6-7-21-15(11)13/h2-5,9H,6-8H2,1H3,(H,18,19). The monoisotopic (exact) mass is 285 g/mol. The van der Waals surface area contributed by atoms with Gasteiger partial charge in [-0.1, -0.05) is 12.1 Å². The fraction of sp³-hybridized carbons (Fsp3) is 0.250. The highest BCUT2D eigenvalue weighted by atomic mass is 16.5. The van der Waals surface area contributed by atoms with E-state index in [9.17, 15) is 4.79 Å². The molecule has 0 radical (unpaired) electrons. The number of hydrogen-bond acceptors (Lipinski definition) is 4. The molecule has 0 saturated carbocycles. The van der Waals surface area contributed by atoms with Crippen LogP contribution in [0.1, 0.15) is 27.3 Å². The number of hydrogen-bond donors (Lipinski definition) is 1. The number of aromatic carboxylic acids is 1. The molecule has 21 heavy (non-hydrogen) atoms. The minimum Gasteiger partial charge on any atom is -0.497 e. The number of carboxylic acid groups (broad SMARTS) is 1. The molecular weight excluding hydrogens is 270 g/mol. The minimum absolute atomic E-state index is 0.0720. The van der Waals surface area contributed by atoms with Gasteiger partial charge in [-0.3, -0.25) is 0 Å². The molecule has 0 bridgehead atoms. The van der Waals surface area contributed by atoms with E-state index in [1.165, 1.54) is 0 Å². The van der Waals surface area contributed by atoms with Crippen molar-refractivity contribution < 1.29 is 19.4 Å². The summed E-state index contributed by atoms with van der Waals surface area (Å²) >= 11 is 0. The Labute approximate surface area is 122 Å². The van der Waals surface area contributed by atoms with Crippen molar-refractivity contribution in [3.8, 4) is 11.5 Å². The van der Waals surface area contributed by atoms with Crippen molar-refractivity contribution in [1.29, 1.82) is 0 Å². The van der Waals surface area contributed by atoms with Crippen LogP contribution in [-0.2, 0) is 12.8 Å². The van der Waals surface area contributed by atoms with Crippen LogP contribution in [0.25, 0.3) is 0 Å². The molecule has 1 aliphatic rings. The summed E-state index contributed by atoms with van der Waals surface area (Å²) < 4.78 is 10.7. The van der Waals surface area contributed by atoms with Crippen molar-refractivity contribution in [3.05, 3.63) is 52.8 Å². The Morgan fingerprint density at radius 3 is 2.81 bits per heavy atom. The number of carbonyl (C=O) groups is 1. The van der Waals surface area contributed by atoms with Crippen LogP contribution >= 0.6 is 0 Å². The zero-order valence-corrected chi connectivity index (χ0v) is 11.6. The molecule has 0 aliphatic carbocycles. The van der Waals surface area contributed by atoms with Gasteiger partial charge >= 0.3 is 5.97 Å². The number of pyridine rings is 1. The van der Waals surface area contributed by atoms with Crippen molar-refractivity contribution in [2.75, 3.05) is 13.7 Å². The van der Waals surface area contributed by atoms with Crippen LogP contribution < -0.4 is 9.47 Å². The highest BCUT2D eigenvalue weighted by Crippen LogP contribution is 2.31. The Morgan fingerprint density at radius 1 is 1.38 bits per heavy atom. The number of carboxylic acids is 1. The Morgan fingerprint density at radius 2 is 2.14 bits per heavy atom. The molecule has 5 heteroatoms. The molecule has 1 aromatic heterocycles. The summed E-state index contributed by atoms with van der Waals surface area (Å²) in [4.78, 5) is 15.3. The van der Waals surface area contributed by atoms with E-state index in [1.807, 2.05) is 24.3 Å². The van der Waals surface area contributed by atoms with Crippen molar-refractivity contribution >= 4 is 5.97 Å². The van der Waals surface area contributed by atoms with Gasteiger partial charge in [-0.2, -0.15) is 0 Å². The van der Waals surface area contributed by atoms with E-state index in [4.69, 9.17) is 14.6 Å². The Bertz CT molecular complexity index is 679. The lowest BCUT2D eigenvalue weighted by Crippen LogP contribution is -2.04. The molecule has 0 atom stereocenters. The summed E-state index contributed by atoms with van der Waals surface area (Å²) in [5, 5.41) is 9.16. The summed E-state index contributed by atoms with van der Waals surface area (Å²) in [5.74, 6) is 0.512. The number of nitrogens with zero attached hydrogens (tertiary/aromatic N) is 1. The van der Waals surface area contributed by atoms with E-state index in [0.717, 1.165) is 28.3 Å². The van der Waals surface area contributed by atoms with Gasteiger partial charge < -0.3 is 14.6 Å². The van der Waals surface area contributed by atoms with E-state index in [-0.39, 0.29) is 5.69 Å². The Balaban J connectivity index is 1.95. The first-order chi connectivity index (χ1) is 10.2. The average Bonchev–Trinajstić information content (AvgIpc) is 2.96. The molecule has 2 aromatic rings. The summed E-state index contributed by atoms with van der Waals surface area (Å²) in [7, 11) is 1.62. The Kier molecular flexibility index (Phi) is 3.48. The van der Waals surface area contributed by atoms with Crippen LogP contribution in [0.2, 0.25) is 0 Å². The van der Waals surface area contributed by atoms with Crippen LogP contribution in [0.4, 0.5) is 0 Å². The van der Waals surface area contributed by atoms with Gasteiger partial charge in [-0.25, -0.2) is 9.78 Å². The molecule has 0 saturated heterocycles. The summed E-state index contributed by atoms with van der Waals surface area (Å²) in [6, 6.07) is 9.28. The van der Waals surface area contributed by atoms with Crippen molar-refractivity contribution in [2.45, 2.75) is 12.8 Å². The molecule has 0 fully saturated rings. The molecule has 1 aliphatic heterocycles. The van der Waals surface area contributed by atoms with Crippen molar-refractivity contribution in [1.82, 2.24) is 4.98 Å². The van der Waals surface area contributed by atoms with Gasteiger partial charge in [-0.05, 0) is 23.8 Å². The maximum atomic E-state index is 11.2. The summed E-state index contributed by atoms with van der Waals surface area (Å²) in [5.41, 5.74) is 2.73. The van der Waals surface area contributed by atoms with Gasteiger partial charge in [0.1, 0.15) is 17.2 Å². The second-order valence-electron chi connectivity index (χ2n) is 4.87. The third-order valence-corrected chi connectivity index (χ3v) is 3.48. The van der Waals surface area contributed by atoms with Crippen LogP contribution in [0.3, 0.4) is 0 Å². The zero-order chi connectivity index (χ0) is 14.8. The van der Waals surface area contributed by atoms with Crippen LogP contribution in [0.5, 0.6) is 11.5 Å². The average molecular weight is 285 g/mol. The van der Waals surface area contributed by atoms with E-state index in [0.29, 0.717) is 19.4 Å². The molecule has 1 N–H and O–H groups in total. The molecule has 0 amide bonds. The molecule has 2 heterocycles. The fourth-order valence-corrected chi connectivity index (χ4v) is 2.44. The largest absolute Gasteiger partial charge is 0.497 e. The quantitative estimate of drug-likeness (QED) is 0.933. The van der Waals surface area contributed by atoms with Gasteiger partial charge in [0, 0.05) is 18.4 Å². The first-order valence-electron chi connectivity index (χ1n) is 6.69. The molecule has 1 aromatic carbocycles. The molecule has 108 valence electrons. The Hall–Kier alpha value is -2.56. The minimum atomic E-state index is -1.01. The predicted octanol–water partition coefficient (Wildman–Crippen LogP) is 2.31. The molecular formula is C16H15NO4. The number of aromatic nitrogens is 1. The lowest BCUT2D eigenvalue weighted by Gasteiger charge is -2.09. The molecule has 0 spiro atoms. The number of methoxy groups -OCH3 is 1. The normalized spacial score (nSPS) is 12.6. The number of benzene rings is 1. The molecule has 5 nitrogen and oxygen atoms in total. The lowest BCUT2D eigenvalue weighted by atomic mass is 10.0. The maximum absolute atomic E-state index is 11.2. The third-order valence-electron chi connectivity index (χ3n) is 3.48. The maximum Gasteiger partial charge on any atom is 0.354 e. The lowest BCUT2D eigenvalue weighted by molar-refractivity contribution is 0.0690. The second kappa shape index (κ2) is 5.44. The smallest absolute Gasteiger partial charge is 0.354 e. The van der Waals surface area contributed by atoms with Crippen LogP contribution in [0.15, 0.2) is 30.3 Å². The van der Waals surface area contributed by atoms with Gasteiger partial charge in [0.15, 0.2) is 0 Å². The number of fused-ring (bicyclic) bond motifs is 1. The van der Waals surface area contributed by atoms with E-state index >= 15 is 0 Å².